The van der Waals surface area contributed by atoms with E-state index in [2.05, 4.69) is 20.8 Å². The molecule has 0 spiro atoms. The van der Waals surface area contributed by atoms with Crippen LogP contribution in [-0.2, 0) is 9.53 Å². The zero-order valence-electron chi connectivity index (χ0n) is 13.3. The van der Waals surface area contributed by atoms with Gasteiger partial charge < -0.3 is 4.74 Å². The summed E-state index contributed by atoms with van der Waals surface area (Å²) in [7, 11) is 0. The van der Waals surface area contributed by atoms with Gasteiger partial charge in [-0.2, -0.15) is 0 Å². The summed E-state index contributed by atoms with van der Waals surface area (Å²) in [6.07, 6.45) is 10.2. The van der Waals surface area contributed by atoms with Gasteiger partial charge in [0.25, 0.3) is 0 Å². The maximum atomic E-state index is 11.7. The first-order chi connectivity index (χ1) is 9.04. The monoisotopic (exact) mass is 268 g/mol. The van der Waals surface area contributed by atoms with E-state index in [0.717, 1.165) is 19.3 Å². The maximum Gasteiger partial charge on any atom is 0.133 e. The Morgan fingerprint density at radius 1 is 1.16 bits per heavy atom. The molecule has 0 aromatic carbocycles. The van der Waals surface area contributed by atoms with E-state index in [9.17, 15) is 4.79 Å². The van der Waals surface area contributed by atoms with Crippen molar-refractivity contribution in [2.24, 2.45) is 11.8 Å². The van der Waals surface area contributed by atoms with Gasteiger partial charge in [0.15, 0.2) is 0 Å². The molecule has 1 aliphatic rings. The van der Waals surface area contributed by atoms with E-state index in [-0.39, 0.29) is 12.0 Å². The molecule has 0 aliphatic carbocycles. The molecular formula is C17H32O2. The normalized spacial score (nSPS) is 27.7. The van der Waals surface area contributed by atoms with Gasteiger partial charge in [-0.15, -0.1) is 0 Å². The van der Waals surface area contributed by atoms with Crippen molar-refractivity contribution in [2.45, 2.75) is 91.3 Å². The Balaban J connectivity index is 2.36. The first-order valence-corrected chi connectivity index (χ1v) is 8.20. The number of ketones is 1. The molecule has 1 saturated heterocycles. The van der Waals surface area contributed by atoms with Gasteiger partial charge in [-0.25, -0.2) is 0 Å². The Morgan fingerprint density at radius 2 is 1.84 bits per heavy atom. The lowest BCUT2D eigenvalue weighted by molar-refractivity contribution is -0.134. The van der Waals surface area contributed by atoms with E-state index in [0.29, 0.717) is 17.8 Å². The zero-order valence-corrected chi connectivity index (χ0v) is 13.3. The average Bonchev–Trinajstić information content (AvgIpc) is 2.38. The van der Waals surface area contributed by atoms with Gasteiger partial charge in [0.2, 0.25) is 0 Å². The van der Waals surface area contributed by atoms with Crippen LogP contribution in [0, 0.1) is 11.8 Å². The fourth-order valence-corrected chi connectivity index (χ4v) is 2.97. The van der Waals surface area contributed by atoms with Crippen LogP contribution in [0.15, 0.2) is 0 Å². The molecule has 1 heterocycles. The van der Waals surface area contributed by atoms with Crippen LogP contribution in [0.2, 0.25) is 0 Å². The van der Waals surface area contributed by atoms with E-state index in [4.69, 9.17) is 4.74 Å². The number of hydrogen-bond acceptors (Lipinski definition) is 2. The minimum atomic E-state index is 0.238. The largest absolute Gasteiger partial charge is 0.375 e. The van der Waals surface area contributed by atoms with Gasteiger partial charge >= 0.3 is 0 Å². The third kappa shape index (κ3) is 6.07. The molecule has 1 fully saturated rings. The molecule has 2 nitrogen and oxygen atoms in total. The van der Waals surface area contributed by atoms with E-state index in [1.807, 2.05) is 0 Å². The predicted molar refractivity (Wildman–Crippen MR) is 80.3 cm³/mol. The molecule has 0 N–H and O–H groups in total. The number of unbranched alkanes of at least 4 members (excludes halogenated alkanes) is 4. The van der Waals surface area contributed by atoms with Crippen LogP contribution in [-0.4, -0.2) is 18.0 Å². The Bertz CT molecular complexity index is 260. The van der Waals surface area contributed by atoms with Crippen molar-refractivity contribution in [3.8, 4) is 0 Å². The number of carbonyl (C=O) groups excluding carboxylic acids is 1. The molecule has 0 radical (unpaired) electrons. The van der Waals surface area contributed by atoms with Crippen molar-refractivity contribution in [3.63, 3.8) is 0 Å². The third-order valence-electron chi connectivity index (χ3n) is 4.38. The fourth-order valence-electron chi connectivity index (χ4n) is 2.97. The average molecular weight is 268 g/mol. The number of hydrogen-bond donors (Lipinski definition) is 0. The molecule has 0 aromatic rings. The Morgan fingerprint density at radius 3 is 2.42 bits per heavy atom. The first kappa shape index (κ1) is 16.7. The van der Waals surface area contributed by atoms with Crippen LogP contribution in [0.3, 0.4) is 0 Å². The SMILES string of the molecule is CCCCCCC[C@H]1C[C@@H](C(C)=O)C[C@H](C(C)C)O1. The minimum absolute atomic E-state index is 0.238. The van der Waals surface area contributed by atoms with Crippen molar-refractivity contribution in [1.82, 2.24) is 0 Å². The molecule has 1 aliphatic heterocycles. The summed E-state index contributed by atoms with van der Waals surface area (Å²) in [4.78, 5) is 11.7. The summed E-state index contributed by atoms with van der Waals surface area (Å²) in [5.74, 6) is 1.11. The molecule has 112 valence electrons. The highest BCUT2D eigenvalue weighted by Gasteiger charge is 2.32. The number of carbonyl (C=O) groups is 1. The summed E-state index contributed by atoms with van der Waals surface area (Å²) in [5.41, 5.74) is 0. The second-order valence-corrected chi connectivity index (χ2v) is 6.52. The summed E-state index contributed by atoms with van der Waals surface area (Å²) < 4.78 is 6.18. The van der Waals surface area contributed by atoms with Crippen LogP contribution in [0.1, 0.15) is 79.1 Å². The third-order valence-corrected chi connectivity index (χ3v) is 4.38. The number of rotatable bonds is 8. The van der Waals surface area contributed by atoms with Gasteiger partial charge in [0.1, 0.15) is 5.78 Å². The number of ether oxygens (including phenoxy) is 1. The molecule has 0 unspecified atom stereocenters. The second kappa shape index (κ2) is 8.73. The summed E-state index contributed by atoms with van der Waals surface area (Å²) in [5, 5.41) is 0. The number of Topliss-reactive ketones (excluding diaryl/α,β-unsaturated/α-hetero) is 1. The highest BCUT2D eigenvalue weighted by atomic mass is 16.5. The standard InChI is InChI=1S/C17H32O2/c1-5-6-7-8-9-10-16-11-15(14(4)18)12-17(19-16)13(2)3/h13,15-17H,5-12H2,1-4H3/t15-,16+,17-/m1/s1. The molecule has 0 bridgehead atoms. The molecule has 0 amide bonds. The smallest absolute Gasteiger partial charge is 0.133 e. The summed E-state index contributed by atoms with van der Waals surface area (Å²) in [6.45, 7) is 8.39. The minimum Gasteiger partial charge on any atom is -0.375 e. The van der Waals surface area contributed by atoms with Crippen LogP contribution < -0.4 is 0 Å². The Labute approximate surface area is 119 Å². The predicted octanol–water partition coefficient (Wildman–Crippen LogP) is 4.76. The lowest BCUT2D eigenvalue weighted by Gasteiger charge is -2.36. The van der Waals surface area contributed by atoms with Crippen LogP contribution in [0.25, 0.3) is 0 Å². The van der Waals surface area contributed by atoms with E-state index in [1.165, 1.54) is 32.1 Å². The zero-order chi connectivity index (χ0) is 14.3. The first-order valence-electron chi connectivity index (χ1n) is 8.20. The van der Waals surface area contributed by atoms with Gasteiger partial charge in [0.05, 0.1) is 12.2 Å². The van der Waals surface area contributed by atoms with Crippen molar-refractivity contribution >= 4 is 5.78 Å². The van der Waals surface area contributed by atoms with Crippen LogP contribution >= 0.6 is 0 Å². The Kier molecular flexibility index (Phi) is 7.67. The quantitative estimate of drug-likeness (QED) is 0.593. The van der Waals surface area contributed by atoms with Gasteiger partial charge in [-0.1, -0.05) is 52.9 Å². The highest BCUT2D eigenvalue weighted by Crippen LogP contribution is 2.31. The van der Waals surface area contributed by atoms with Gasteiger partial charge in [-0.3, -0.25) is 4.79 Å². The highest BCUT2D eigenvalue weighted by molar-refractivity contribution is 5.78. The molecule has 3 atom stereocenters. The molecule has 0 saturated carbocycles. The second-order valence-electron chi connectivity index (χ2n) is 6.52. The molecular weight excluding hydrogens is 236 g/mol. The van der Waals surface area contributed by atoms with Crippen molar-refractivity contribution in [3.05, 3.63) is 0 Å². The molecule has 0 aromatic heterocycles. The van der Waals surface area contributed by atoms with E-state index >= 15 is 0 Å². The maximum absolute atomic E-state index is 11.7. The summed E-state index contributed by atoms with van der Waals surface area (Å²) in [6, 6.07) is 0. The molecule has 19 heavy (non-hydrogen) atoms. The molecule has 2 heteroatoms. The van der Waals surface area contributed by atoms with Crippen LogP contribution in [0.4, 0.5) is 0 Å². The summed E-state index contributed by atoms with van der Waals surface area (Å²) >= 11 is 0. The fraction of sp³-hybridized carbons (Fsp3) is 0.941. The topological polar surface area (TPSA) is 26.3 Å². The Hall–Kier alpha value is -0.370. The molecule has 1 rings (SSSR count). The van der Waals surface area contributed by atoms with Gasteiger partial charge in [-0.05, 0) is 32.1 Å². The van der Waals surface area contributed by atoms with Crippen molar-refractivity contribution in [2.75, 3.05) is 0 Å². The van der Waals surface area contributed by atoms with E-state index < -0.39 is 0 Å². The lowest BCUT2D eigenvalue weighted by Crippen LogP contribution is -2.38. The lowest BCUT2D eigenvalue weighted by atomic mass is 9.84. The van der Waals surface area contributed by atoms with E-state index in [1.54, 1.807) is 6.92 Å². The van der Waals surface area contributed by atoms with Crippen LogP contribution in [0.5, 0.6) is 0 Å². The van der Waals surface area contributed by atoms with Gasteiger partial charge in [0, 0.05) is 5.92 Å². The van der Waals surface area contributed by atoms with Crippen molar-refractivity contribution < 1.29 is 9.53 Å². The van der Waals surface area contributed by atoms with Crippen molar-refractivity contribution in [1.29, 1.82) is 0 Å².